The van der Waals surface area contributed by atoms with Gasteiger partial charge < -0.3 is 5.32 Å². The minimum atomic E-state index is -0.259. The molecule has 0 fully saturated rings. The van der Waals surface area contributed by atoms with E-state index in [0.29, 0.717) is 27.3 Å². The van der Waals surface area contributed by atoms with Crippen LogP contribution in [0.2, 0.25) is 5.02 Å². The molecule has 0 aliphatic heterocycles. The second-order valence-corrected chi connectivity index (χ2v) is 6.55. The molecule has 0 saturated carbocycles. The molecule has 0 bridgehead atoms. The number of thioether (sulfide) groups is 1. The van der Waals surface area contributed by atoms with Gasteiger partial charge in [0.15, 0.2) is 0 Å². The van der Waals surface area contributed by atoms with E-state index < -0.39 is 0 Å². The number of nitrogens with zero attached hydrogens (tertiary/aromatic N) is 2. The van der Waals surface area contributed by atoms with Crippen molar-refractivity contribution >= 4 is 29.3 Å². The van der Waals surface area contributed by atoms with Crippen molar-refractivity contribution in [2.24, 2.45) is 0 Å². The summed E-state index contributed by atoms with van der Waals surface area (Å²) in [6, 6.07) is 12.9. The Hall–Kier alpha value is -2.38. The first kappa shape index (κ1) is 17.4. The first-order valence-corrected chi connectivity index (χ1v) is 8.79. The van der Waals surface area contributed by atoms with Gasteiger partial charge in [0.25, 0.3) is 5.91 Å². The minimum absolute atomic E-state index is 0.214. The van der Waals surface area contributed by atoms with Gasteiger partial charge in [0.05, 0.1) is 6.54 Å². The van der Waals surface area contributed by atoms with Crippen molar-refractivity contribution in [1.82, 2.24) is 20.5 Å². The summed E-state index contributed by atoms with van der Waals surface area (Å²) >= 11 is 7.23. The van der Waals surface area contributed by atoms with Crippen LogP contribution in [-0.4, -0.2) is 21.1 Å². The van der Waals surface area contributed by atoms with Crippen molar-refractivity contribution in [2.75, 3.05) is 0 Å². The summed E-state index contributed by atoms with van der Waals surface area (Å²) in [5.41, 5.74) is 1.50. The minimum Gasteiger partial charge on any atom is -0.345 e. The van der Waals surface area contributed by atoms with Crippen molar-refractivity contribution in [1.29, 1.82) is 0 Å². The van der Waals surface area contributed by atoms with Gasteiger partial charge in [0.2, 0.25) is 5.16 Å². The fourth-order valence-corrected chi connectivity index (χ4v) is 2.92. The third kappa shape index (κ3) is 5.04. The molecule has 3 rings (SSSR count). The van der Waals surface area contributed by atoms with Gasteiger partial charge >= 0.3 is 0 Å². The number of hydrogen-bond acceptors (Lipinski definition) is 4. The van der Waals surface area contributed by atoms with E-state index in [4.69, 9.17) is 11.6 Å². The molecule has 0 spiro atoms. The van der Waals surface area contributed by atoms with Crippen LogP contribution in [0.4, 0.5) is 4.39 Å². The fraction of sp³-hybridized carbons (Fsp3) is 0.118. The molecule has 1 aromatic heterocycles. The van der Waals surface area contributed by atoms with E-state index in [-0.39, 0.29) is 18.3 Å². The summed E-state index contributed by atoms with van der Waals surface area (Å²) in [5.74, 6) is 0.720. The highest BCUT2D eigenvalue weighted by Gasteiger charge is 2.08. The van der Waals surface area contributed by atoms with Gasteiger partial charge in [-0.25, -0.2) is 9.37 Å². The molecule has 8 heteroatoms. The van der Waals surface area contributed by atoms with Gasteiger partial charge in [-0.05, 0) is 42.0 Å². The molecule has 2 aromatic carbocycles. The Balaban J connectivity index is 1.50. The predicted octanol–water partition coefficient (Wildman–Crippen LogP) is 3.82. The zero-order chi connectivity index (χ0) is 17.6. The molecular weight excluding hydrogens is 363 g/mol. The number of halogens is 2. The van der Waals surface area contributed by atoms with Crippen LogP contribution in [0.1, 0.15) is 21.7 Å². The molecule has 0 saturated heterocycles. The number of aromatic nitrogens is 3. The first-order valence-electron chi connectivity index (χ1n) is 7.42. The highest BCUT2D eigenvalue weighted by molar-refractivity contribution is 7.98. The second-order valence-electron chi connectivity index (χ2n) is 5.17. The van der Waals surface area contributed by atoms with Crippen molar-refractivity contribution in [3.63, 3.8) is 0 Å². The SMILES string of the molecule is O=C(NCc1nc(SCc2ccc(F)cc2)n[nH]1)c1ccc(Cl)cc1. The van der Waals surface area contributed by atoms with Crippen LogP contribution in [0.5, 0.6) is 0 Å². The lowest BCUT2D eigenvalue weighted by Crippen LogP contribution is -2.23. The highest BCUT2D eigenvalue weighted by Crippen LogP contribution is 2.19. The van der Waals surface area contributed by atoms with Crippen LogP contribution in [0, 0.1) is 5.82 Å². The van der Waals surface area contributed by atoms with Crippen LogP contribution in [0.25, 0.3) is 0 Å². The van der Waals surface area contributed by atoms with Gasteiger partial charge in [-0.3, -0.25) is 9.89 Å². The molecule has 0 radical (unpaired) electrons. The number of aromatic amines is 1. The van der Waals surface area contributed by atoms with E-state index in [0.717, 1.165) is 5.56 Å². The quantitative estimate of drug-likeness (QED) is 0.641. The second kappa shape index (κ2) is 8.13. The van der Waals surface area contributed by atoms with Gasteiger partial charge in [-0.2, -0.15) is 0 Å². The monoisotopic (exact) mass is 376 g/mol. The summed E-state index contributed by atoms with van der Waals surface area (Å²) in [7, 11) is 0. The van der Waals surface area contributed by atoms with Gasteiger partial charge in [0.1, 0.15) is 11.6 Å². The Bertz CT molecular complexity index is 852. The number of benzene rings is 2. The Labute approximate surface area is 153 Å². The topological polar surface area (TPSA) is 70.7 Å². The van der Waals surface area contributed by atoms with Gasteiger partial charge in [0, 0.05) is 16.3 Å². The molecule has 1 heterocycles. The number of nitrogens with one attached hydrogen (secondary N) is 2. The molecule has 2 N–H and O–H groups in total. The average molecular weight is 377 g/mol. The molecule has 0 aliphatic carbocycles. The van der Waals surface area contributed by atoms with Crippen LogP contribution < -0.4 is 5.32 Å². The number of carbonyl (C=O) groups excluding carboxylic acids is 1. The molecule has 128 valence electrons. The molecule has 25 heavy (non-hydrogen) atoms. The van der Waals surface area contributed by atoms with Crippen LogP contribution in [0.3, 0.4) is 0 Å². The largest absolute Gasteiger partial charge is 0.345 e. The summed E-state index contributed by atoms with van der Waals surface area (Å²) in [6.07, 6.45) is 0. The highest BCUT2D eigenvalue weighted by atomic mass is 35.5. The van der Waals surface area contributed by atoms with E-state index in [9.17, 15) is 9.18 Å². The maximum absolute atomic E-state index is 12.9. The third-order valence-corrected chi connectivity index (χ3v) is 4.49. The molecule has 1 amide bonds. The Kier molecular flexibility index (Phi) is 5.67. The van der Waals surface area contributed by atoms with E-state index in [1.807, 2.05) is 0 Å². The van der Waals surface area contributed by atoms with Crippen molar-refractivity contribution < 1.29 is 9.18 Å². The molecule has 0 atom stereocenters. The number of H-pyrrole nitrogens is 1. The lowest BCUT2D eigenvalue weighted by atomic mass is 10.2. The summed E-state index contributed by atoms with van der Waals surface area (Å²) < 4.78 is 12.9. The Morgan fingerprint density at radius 1 is 1.16 bits per heavy atom. The van der Waals surface area contributed by atoms with E-state index in [1.165, 1.54) is 23.9 Å². The van der Waals surface area contributed by atoms with Gasteiger partial charge in [-0.1, -0.05) is 35.5 Å². The smallest absolute Gasteiger partial charge is 0.251 e. The summed E-state index contributed by atoms with van der Waals surface area (Å²) in [4.78, 5) is 16.3. The average Bonchev–Trinajstić information content (AvgIpc) is 3.08. The van der Waals surface area contributed by atoms with E-state index >= 15 is 0 Å². The van der Waals surface area contributed by atoms with Crippen molar-refractivity contribution in [2.45, 2.75) is 17.5 Å². The predicted molar refractivity (Wildman–Crippen MR) is 95.0 cm³/mol. The standard InChI is InChI=1S/C17H14ClFN4OS/c18-13-5-3-12(4-6-13)16(24)20-9-15-21-17(23-22-15)25-10-11-1-7-14(19)8-2-11/h1-8H,9-10H2,(H,20,24)(H,21,22,23). The van der Waals surface area contributed by atoms with Crippen LogP contribution >= 0.6 is 23.4 Å². The number of carbonyl (C=O) groups is 1. The van der Waals surface area contributed by atoms with Crippen LogP contribution in [0.15, 0.2) is 53.7 Å². The zero-order valence-electron chi connectivity index (χ0n) is 13.0. The number of amides is 1. The maximum Gasteiger partial charge on any atom is 0.251 e. The normalized spacial score (nSPS) is 10.6. The molecule has 3 aromatic rings. The fourth-order valence-electron chi connectivity index (χ4n) is 2.02. The lowest BCUT2D eigenvalue weighted by Gasteiger charge is -2.02. The Morgan fingerprint density at radius 3 is 2.60 bits per heavy atom. The zero-order valence-corrected chi connectivity index (χ0v) is 14.6. The summed E-state index contributed by atoms with van der Waals surface area (Å²) in [5, 5.41) is 10.8. The molecular formula is C17H14ClFN4OS. The maximum atomic E-state index is 12.9. The number of hydrogen-bond donors (Lipinski definition) is 2. The molecule has 0 aliphatic rings. The van der Waals surface area contributed by atoms with E-state index in [2.05, 4.69) is 20.5 Å². The van der Waals surface area contributed by atoms with Crippen LogP contribution in [-0.2, 0) is 12.3 Å². The van der Waals surface area contributed by atoms with Crippen molar-refractivity contribution in [3.05, 3.63) is 76.3 Å². The molecule has 0 unspecified atom stereocenters. The molecule has 5 nitrogen and oxygen atoms in total. The summed E-state index contributed by atoms with van der Waals surface area (Å²) in [6.45, 7) is 0.242. The third-order valence-electron chi connectivity index (χ3n) is 3.32. The van der Waals surface area contributed by atoms with E-state index in [1.54, 1.807) is 36.4 Å². The number of rotatable bonds is 6. The first-order chi connectivity index (χ1) is 12.1. The Morgan fingerprint density at radius 2 is 1.88 bits per heavy atom. The van der Waals surface area contributed by atoms with Gasteiger partial charge in [-0.15, -0.1) is 5.10 Å². The lowest BCUT2D eigenvalue weighted by molar-refractivity contribution is 0.0950. The van der Waals surface area contributed by atoms with Crippen molar-refractivity contribution in [3.8, 4) is 0 Å².